The van der Waals surface area contributed by atoms with Crippen molar-refractivity contribution < 1.29 is 4.74 Å². The van der Waals surface area contributed by atoms with Gasteiger partial charge in [-0.3, -0.25) is 4.90 Å². The monoisotopic (exact) mass is 226 g/mol. The van der Waals surface area contributed by atoms with Crippen LogP contribution in [0.1, 0.15) is 33.1 Å². The molecule has 0 aromatic rings. The van der Waals surface area contributed by atoms with E-state index in [1.165, 1.54) is 45.4 Å². The van der Waals surface area contributed by atoms with Gasteiger partial charge in [0.25, 0.3) is 0 Å². The lowest BCUT2D eigenvalue weighted by Crippen LogP contribution is -2.47. The zero-order valence-corrected chi connectivity index (χ0v) is 10.7. The predicted octanol–water partition coefficient (Wildman–Crippen LogP) is 1.49. The number of hydrogen-bond acceptors (Lipinski definition) is 3. The third-order valence-electron chi connectivity index (χ3n) is 3.81. The van der Waals surface area contributed by atoms with Gasteiger partial charge in [-0.05, 0) is 51.7 Å². The van der Waals surface area contributed by atoms with Gasteiger partial charge in [0.15, 0.2) is 0 Å². The van der Waals surface area contributed by atoms with E-state index < -0.39 is 0 Å². The van der Waals surface area contributed by atoms with Crippen LogP contribution in [0.5, 0.6) is 0 Å². The van der Waals surface area contributed by atoms with E-state index in [9.17, 15) is 0 Å². The first kappa shape index (κ1) is 12.3. The maximum atomic E-state index is 5.64. The molecule has 0 radical (unpaired) electrons. The molecular formula is C13H26N2O. The van der Waals surface area contributed by atoms with Crippen molar-refractivity contribution in [2.45, 2.75) is 45.3 Å². The van der Waals surface area contributed by atoms with E-state index in [1.54, 1.807) is 0 Å². The fraction of sp³-hybridized carbons (Fsp3) is 1.00. The Morgan fingerprint density at radius 1 is 1.31 bits per heavy atom. The minimum Gasteiger partial charge on any atom is -0.378 e. The molecule has 0 saturated carbocycles. The van der Waals surface area contributed by atoms with Crippen molar-refractivity contribution in [3.63, 3.8) is 0 Å². The summed E-state index contributed by atoms with van der Waals surface area (Å²) in [6.45, 7) is 10.4. The second kappa shape index (κ2) is 5.99. The minimum absolute atomic E-state index is 0.456. The van der Waals surface area contributed by atoms with Crippen LogP contribution in [0.2, 0.25) is 0 Å². The summed E-state index contributed by atoms with van der Waals surface area (Å²) in [5.74, 6) is 0.776. The van der Waals surface area contributed by atoms with Gasteiger partial charge in [-0.2, -0.15) is 0 Å². The molecule has 1 N–H and O–H groups in total. The molecule has 2 aliphatic heterocycles. The quantitative estimate of drug-likeness (QED) is 0.733. The summed E-state index contributed by atoms with van der Waals surface area (Å²) in [4.78, 5) is 2.71. The summed E-state index contributed by atoms with van der Waals surface area (Å²) < 4.78 is 5.64. The van der Waals surface area contributed by atoms with E-state index in [0.717, 1.165) is 18.6 Å². The van der Waals surface area contributed by atoms with Crippen molar-refractivity contribution in [1.29, 1.82) is 0 Å². The van der Waals surface area contributed by atoms with Crippen molar-refractivity contribution >= 4 is 0 Å². The number of nitrogens with zero attached hydrogens (tertiary/aromatic N) is 1. The molecule has 0 spiro atoms. The van der Waals surface area contributed by atoms with Gasteiger partial charge in [-0.15, -0.1) is 0 Å². The van der Waals surface area contributed by atoms with E-state index in [1.807, 2.05) is 0 Å². The molecule has 0 aromatic heterocycles. The molecule has 3 nitrogen and oxygen atoms in total. The second-order valence-corrected chi connectivity index (χ2v) is 5.52. The molecule has 0 bridgehead atoms. The van der Waals surface area contributed by atoms with Gasteiger partial charge < -0.3 is 10.1 Å². The average molecular weight is 226 g/mol. The van der Waals surface area contributed by atoms with E-state index in [0.29, 0.717) is 6.10 Å². The van der Waals surface area contributed by atoms with E-state index in [-0.39, 0.29) is 0 Å². The molecule has 0 aromatic carbocycles. The molecule has 0 amide bonds. The Bertz CT molecular complexity index is 210. The largest absolute Gasteiger partial charge is 0.378 e. The Balaban J connectivity index is 1.89. The van der Waals surface area contributed by atoms with Crippen LogP contribution in [0.25, 0.3) is 0 Å². The minimum atomic E-state index is 0.456. The molecule has 2 aliphatic rings. The molecule has 2 heterocycles. The number of ether oxygens (including phenoxy) is 1. The zero-order chi connectivity index (χ0) is 11.4. The van der Waals surface area contributed by atoms with Crippen LogP contribution in [0.15, 0.2) is 0 Å². The summed E-state index contributed by atoms with van der Waals surface area (Å²) in [6, 6.07) is 0.768. The lowest BCUT2D eigenvalue weighted by molar-refractivity contribution is -0.0214. The fourth-order valence-corrected chi connectivity index (χ4v) is 2.95. The van der Waals surface area contributed by atoms with Gasteiger partial charge in [0, 0.05) is 19.2 Å². The van der Waals surface area contributed by atoms with Gasteiger partial charge >= 0.3 is 0 Å². The highest BCUT2D eigenvalue weighted by atomic mass is 16.5. The molecule has 94 valence electrons. The Morgan fingerprint density at radius 3 is 3.00 bits per heavy atom. The summed E-state index contributed by atoms with van der Waals surface area (Å²) in [5, 5.41) is 3.52. The Morgan fingerprint density at radius 2 is 2.19 bits per heavy atom. The van der Waals surface area contributed by atoms with Crippen LogP contribution in [-0.4, -0.2) is 49.8 Å². The fourth-order valence-electron chi connectivity index (χ4n) is 2.95. The molecule has 0 aliphatic carbocycles. The number of nitrogens with one attached hydrogen (secondary N) is 1. The van der Waals surface area contributed by atoms with Gasteiger partial charge in [0.2, 0.25) is 0 Å². The number of hydrogen-bond donors (Lipinski definition) is 1. The van der Waals surface area contributed by atoms with E-state index in [4.69, 9.17) is 4.74 Å². The van der Waals surface area contributed by atoms with Crippen LogP contribution < -0.4 is 5.32 Å². The van der Waals surface area contributed by atoms with Crippen molar-refractivity contribution in [3.8, 4) is 0 Å². The van der Waals surface area contributed by atoms with Crippen LogP contribution in [0, 0.1) is 5.92 Å². The predicted molar refractivity (Wildman–Crippen MR) is 66.7 cm³/mol. The maximum Gasteiger partial charge on any atom is 0.0561 e. The molecule has 2 saturated heterocycles. The second-order valence-electron chi connectivity index (χ2n) is 5.52. The normalized spacial score (nSPS) is 39.0. The first-order valence-electron chi connectivity index (χ1n) is 6.82. The average Bonchev–Trinajstić information content (AvgIpc) is 2.23. The molecule has 16 heavy (non-hydrogen) atoms. The highest BCUT2D eigenvalue weighted by Crippen LogP contribution is 2.20. The topological polar surface area (TPSA) is 24.5 Å². The smallest absolute Gasteiger partial charge is 0.0561 e. The molecule has 3 unspecified atom stereocenters. The van der Waals surface area contributed by atoms with Crippen LogP contribution in [-0.2, 0) is 4.74 Å². The van der Waals surface area contributed by atoms with Crippen LogP contribution in [0.4, 0.5) is 0 Å². The first-order valence-corrected chi connectivity index (χ1v) is 6.82. The van der Waals surface area contributed by atoms with Crippen molar-refractivity contribution in [1.82, 2.24) is 10.2 Å². The summed E-state index contributed by atoms with van der Waals surface area (Å²) in [5.41, 5.74) is 0. The highest BCUT2D eigenvalue weighted by molar-refractivity contribution is 4.80. The van der Waals surface area contributed by atoms with Gasteiger partial charge in [-0.25, -0.2) is 0 Å². The Labute approximate surface area is 99.5 Å². The summed E-state index contributed by atoms with van der Waals surface area (Å²) in [7, 11) is 0. The molecular weight excluding hydrogens is 200 g/mol. The third kappa shape index (κ3) is 3.44. The van der Waals surface area contributed by atoms with Gasteiger partial charge in [-0.1, -0.05) is 6.92 Å². The summed E-state index contributed by atoms with van der Waals surface area (Å²) in [6.07, 6.45) is 4.20. The first-order chi connectivity index (χ1) is 7.75. The van der Waals surface area contributed by atoms with Gasteiger partial charge in [0.05, 0.1) is 6.10 Å². The van der Waals surface area contributed by atoms with Crippen molar-refractivity contribution in [2.75, 3.05) is 32.8 Å². The van der Waals surface area contributed by atoms with Crippen LogP contribution >= 0.6 is 0 Å². The molecule has 2 fully saturated rings. The van der Waals surface area contributed by atoms with Gasteiger partial charge in [0.1, 0.15) is 0 Å². The molecule has 3 heteroatoms. The maximum absolute atomic E-state index is 5.64. The van der Waals surface area contributed by atoms with Crippen LogP contribution in [0.3, 0.4) is 0 Å². The summed E-state index contributed by atoms with van der Waals surface area (Å²) >= 11 is 0. The third-order valence-corrected chi connectivity index (χ3v) is 3.81. The van der Waals surface area contributed by atoms with Crippen molar-refractivity contribution in [2.24, 2.45) is 5.92 Å². The molecule has 3 atom stereocenters. The zero-order valence-electron chi connectivity index (χ0n) is 10.7. The van der Waals surface area contributed by atoms with Crippen molar-refractivity contribution in [3.05, 3.63) is 0 Å². The lowest BCUT2D eigenvalue weighted by atomic mass is 9.99. The van der Waals surface area contributed by atoms with E-state index >= 15 is 0 Å². The molecule has 2 rings (SSSR count). The Kier molecular flexibility index (Phi) is 4.62. The lowest BCUT2D eigenvalue weighted by Gasteiger charge is -2.39. The standard InChI is InChI=1S/C13H26N2O/c1-11-9-14-5-3-6-15(10-11)13-4-7-16-12(2)8-13/h11-14H,3-10H2,1-2H3. The highest BCUT2D eigenvalue weighted by Gasteiger charge is 2.26. The number of rotatable bonds is 1. The van der Waals surface area contributed by atoms with E-state index in [2.05, 4.69) is 24.1 Å². The Hall–Kier alpha value is -0.120. The SMILES string of the molecule is CC1CNCCCN(C2CCOC(C)C2)C1.